The highest BCUT2D eigenvalue weighted by Crippen LogP contribution is 2.19. The van der Waals surface area contributed by atoms with Gasteiger partial charge in [-0.2, -0.15) is 8.42 Å². The number of rotatable bonds is 4. The molecule has 110 valence electrons. The van der Waals surface area contributed by atoms with Crippen molar-refractivity contribution in [2.75, 3.05) is 4.72 Å². The van der Waals surface area contributed by atoms with Crippen LogP contribution in [-0.4, -0.2) is 24.5 Å². The third-order valence-electron chi connectivity index (χ3n) is 2.37. The summed E-state index contributed by atoms with van der Waals surface area (Å²) in [4.78, 5) is 14.5. The van der Waals surface area contributed by atoms with E-state index in [0.717, 1.165) is 24.4 Å². The molecule has 0 saturated carbocycles. The monoisotopic (exact) mass is 314 g/mol. The highest BCUT2D eigenvalue weighted by Gasteiger charge is 2.24. The van der Waals surface area contributed by atoms with Crippen molar-refractivity contribution in [2.45, 2.75) is 5.03 Å². The van der Waals surface area contributed by atoms with E-state index in [1.165, 1.54) is 6.07 Å². The van der Waals surface area contributed by atoms with Crippen LogP contribution in [0.3, 0.4) is 0 Å². The SMILES string of the molecule is O=C(O)c1cccnc1S(=O)(=O)Nc1cc(F)cc(F)c1. The normalized spacial score (nSPS) is 11.1. The first-order valence-corrected chi connectivity index (χ1v) is 6.95. The number of carboxylic acids is 1. The minimum Gasteiger partial charge on any atom is -0.478 e. The zero-order chi connectivity index (χ0) is 15.6. The van der Waals surface area contributed by atoms with Crippen molar-refractivity contribution < 1.29 is 27.1 Å². The van der Waals surface area contributed by atoms with Crippen LogP contribution in [0.1, 0.15) is 10.4 Å². The summed E-state index contributed by atoms with van der Waals surface area (Å²) < 4.78 is 52.1. The predicted molar refractivity (Wildman–Crippen MR) is 68.4 cm³/mol. The lowest BCUT2D eigenvalue weighted by atomic mass is 10.3. The van der Waals surface area contributed by atoms with Gasteiger partial charge >= 0.3 is 5.97 Å². The Hall–Kier alpha value is -2.55. The maximum absolute atomic E-state index is 13.0. The van der Waals surface area contributed by atoms with Gasteiger partial charge in [-0.25, -0.2) is 18.6 Å². The molecule has 0 aliphatic heterocycles. The quantitative estimate of drug-likeness (QED) is 0.898. The Bertz CT molecular complexity index is 788. The van der Waals surface area contributed by atoms with Gasteiger partial charge < -0.3 is 5.11 Å². The number of hydrogen-bond acceptors (Lipinski definition) is 4. The smallest absolute Gasteiger partial charge is 0.338 e. The summed E-state index contributed by atoms with van der Waals surface area (Å²) in [5.41, 5.74) is -0.934. The average Bonchev–Trinajstić information content (AvgIpc) is 2.36. The van der Waals surface area contributed by atoms with Crippen molar-refractivity contribution in [1.29, 1.82) is 0 Å². The molecule has 0 spiro atoms. The third-order valence-corrected chi connectivity index (χ3v) is 3.71. The molecule has 21 heavy (non-hydrogen) atoms. The molecular formula is C12H8F2N2O4S. The summed E-state index contributed by atoms with van der Waals surface area (Å²) in [6.07, 6.45) is 1.09. The van der Waals surface area contributed by atoms with Crippen LogP contribution in [0.4, 0.5) is 14.5 Å². The Balaban J connectivity index is 2.46. The molecule has 0 radical (unpaired) electrons. The van der Waals surface area contributed by atoms with E-state index in [1.54, 1.807) is 0 Å². The van der Waals surface area contributed by atoms with Gasteiger partial charge in [-0.05, 0) is 24.3 Å². The largest absolute Gasteiger partial charge is 0.478 e. The van der Waals surface area contributed by atoms with E-state index >= 15 is 0 Å². The lowest BCUT2D eigenvalue weighted by molar-refractivity contribution is 0.0691. The second kappa shape index (κ2) is 5.44. The number of halogens is 2. The summed E-state index contributed by atoms with van der Waals surface area (Å²) in [7, 11) is -4.40. The number of nitrogens with zero attached hydrogens (tertiary/aromatic N) is 1. The molecule has 0 atom stereocenters. The lowest BCUT2D eigenvalue weighted by Crippen LogP contribution is -2.18. The molecular weight excluding hydrogens is 306 g/mol. The summed E-state index contributed by atoms with van der Waals surface area (Å²) in [5, 5.41) is 8.18. The zero-order valence-electron chi connectivity index (χ0n) is 10.2. The van der Waals surface area contributed by atoms with E-state index in [2.05, 4.69) is 4.98 Å². The van der Waals surface area contributed by atoms with Crippen molar-refractivity contribution in [3.63, 3.8) is 0 Å². The number of carbonyl (C=O) groups is 1. The molecule has 0 saturated heterocycles. The summed E-state index contributed by atoms with van der Waals surface area (Å²) in [6.45, 7) is 0. The molecule has 1 aromatic carbocycles. The first kappa shape index (κ1) is 14.9. The Labute approximate surface area is 118 Å². The zero-order valence-corrected chi connectivity index (χ0v) is 11.1. The summed E-state index contributed by atoms with van der Waals surface area (Å²) in [5.74, 6) is -3.45. The second-order valence-corrected chi connectivity index (χ2v) is 5.52. The maximum atomic E-state index is 13.0. The van der Waals surface area contributed by atoms with Gasteiger partial charge in [-0.1, -0.05) is 0 Å². The van der Waals surface area contributed by atoms with Crippen molar-refractivity contribution in [2.24, 2.45) is 0 Å². The van der Waals surface area contributed by atoms with Gasteiger partial charge in [0.1, 0.15) is 11.6 Å². The molecule has 9 heteroatoms. The van der Waals surface area contributed by atoms with Gasteiger partial charge in [0, 0.05) is 12.3 Å². The molecule has 0 fully saturated rings. The molecule has 0 aliphatic carbocycles. The van der Waals surface area contributed by atoms with Crippen molar-refractivity contribution in [3.05, 3.63) is 53.7 Å². The fraction of sp³-hybridized carbons (Fsp3) is 0. The Morgan fingerprint density at radius 3 is 2.38 bits per heavy atom. The number of aromatic carboxylic acids is 1. The molecule has 0 aliphatic rings. The number of carboxylic acid groups (broad SMARTS) is 1. The van der Waals surface area contributed by atoms with Gasteiger partial charge in [-0.15, -0.1) is 0 Å². The number of nitrogens with one attached hydrogen (secondary N) is 1. The van der Waals surface area contributed by atoms with Gasteiger partial charge in [0.25, 0.3) is 10.0 Å². The standard InChI is InChI=1S/C12H8F2N2O4S/c13-7-4-8(14)6-9(5-7)16-21(19,20)11-10(12(17)18)2-1-3-15-11/h1-6,16H,(H,17,18). The van der Waals surface area contributed by atoms with E-state index in [9.17, 15) is 22.0 Å². The molecule has 6 nitrogen and oxygen atoms in total. The molecule has 1 aromatic heterocycles. The lowest BCUT2D eigenvalue weighted by Gasteiger charge is -2.09. The van der Waals surface area contributed by atoms with Gasteiger partial charge in [0.15, 0.2) is 5.03 Å². The van der Waals surface area contributed by atoms with Crippen LogP contribution >= 0.6 is 0 Å². The highest BCUT2D eigenvalue weighted by molar-refractivity contribution is 7.92. The van der Waals surface area contributed by atoms with Crippen LogP contribution in [0, 0.1) is 11.6 Å². The first-order valence-electron chi connectivity index (χ1n) is 5.47. The van der Waals surface area contributed by atoms with Crippen molar-refractivity contribution in [3.8, 4) is 0 Å². The van der Waals surface area contributed by atoms with Crippen LogP contribution < -0.4 is 4.72 Å². The predicted octanol–water partition coefficient (Wildman–Crippen LogP) is 1.86. The second-order valence-electron chi connectivity index (χ2n) is 3.92. The van der Waals surface area contributed by atoms with Gasteiger partial charge in [-0.3, -0.25) is 4.72 Å². The van der Waals surface area contributed by atoms with Crippen LogP contribution in [0.25, 0.3) is 0 Å². The maximum Gasteiger partial charge on any atom is 0.338 e. The molecule has 2 aromatic rings. The van der Waals surface area contributed by atoms with E-state index in [-0.39, 0.29) is 5.69 Å². The van der Waals surface area contributed by atoms with Crippen LogP contribution in [0.15, 0.2) is 41.6 Å². The molecule has 0 amide bonds. The van der Waals surface area contributed by atoms with E-state index in [4.69, 9.17) is 5.11 Å². The summed E-state index contributed by atoms with van der Waals surface area (Å²) >= 11 is 0. The van der Waals surface area contributed by atoms with Crippen molar-refractivity contribution >= 4 is 21.7 Å². The van der Waals surface area contributed by atoms with Gasteiger partial charge in [0.05, 0.1) is 11.3 Å². The molecule has 1 heterocycles. The summed E-state index contributed by atoms with van der Waals surface area (Å²) in [6, 6.07) is 4.38. The van der Waals surface area contributed by atoms with Crippen LogP contribution in [0.2, 0.25) is 0 Å². The number of anilines is 1. The Kier molecular flexibility index (Phi) is 3.85. The van der Waals surface area contributed by atoms with Crippen LogP contribution in [0.5, 0.6) is 0 Å². The average molecular weight is 314 g/mol. The van der Waals surface area contributed by atoms with E-state index < -0.39 is 38.2 Å². The fourth-order valence-corrected chi connectivity index (χ4v) is 2.75. The molecule has 0 unspecified atom stereocenters. The third kappa shape index (κ3) is 3.31. The topological polar surface area (TPSA) is 96.4 Å². The number of aromatic nitrogens is 1. The van der Waals surface area contributed by atoms with Crippen LogP contribution in [-0.2, 0) is 10.0 Å². The molecule has 2 rings (SSSR count). The molecule has 2 N–H and O–H groups in total. The highest BCUT2D eigenvalue weighted by atomic mass is 32.2. The van der Waals surface area contributed by atoms with E-state index in [1.807, 2.05) is 4.72 Å². The number of sulfonamides is 1. The Morgan fingerprint density at radius 1 is 1.19 bits per heavy atom. The first-order chi connectivity index (χ1) is 9.79. The Morgan fingerprint density at radius 2 is 1.81 bits per heavy atom. The van der Waals surface area contributed by atoms with E-state index in [0.29, 0.717) is 6.07 Å². The molecule has 0 bridgehead atoms. The minimum atomic E-state index is -4.40. The fourth-order valence-electron chi connectivity index (χ4n) is 1.58. The van der Waals surface area contributed by atoms with Crippen molar-refractivity contribution in [1.82, 2.24) is 4.98 Å². The minimum absolute atomic E-state index is 0.380. The number of benzene rings is 1. The number of hydrogen-bond donors (Lipinski definition) is 2. The number of pyridine rings is 1. The van der Waals surface area contributed by atoms with Gasteiger partial charge in [0.2, 0.25) is 0 Å².